The SMILES string of the molecule is CCOc1ccc(N2C(=O)C3=C(C2=O)C(c2ccccc2)c2sc(=O)[nH]c2S3)cc1. The van der Waals surface area contributed by atoms with Crippen molar-refractivity contribution in [2.24, 2.45) is 0 Å². The number of hydrogen-bond acceptors (Lipinski definition) is 6. The zero-order valence-corrected chi connectivity index (χ0v) is 17.5. The monoisotopic (exact) mass is 436 g/mol. The summed E-state index contributed by atoms with van der Waals surface area (Å²) in [6.07, 6.45) is 0. The van der Waals surface area contributed by atoms with Crippen molar-refractivity contribution < 1.29 is 14.3 Å². The Hall–Kier alpha value is -3.10. The van der Waals surface area contributed by atoms with Crippen LogP contribution in [-0.4, -0.2) is 23.4 Å². The lowest BCUT2D eigenvalue weighted by Gasteiger charge is -2.22. The van der Waals surface area contributed by atoms with Crippen molar-refractivity contribution in [3.63, 3.8) is 0 Å². The van der Waals surface area contributed by atoms with Crippen LogP contribution in [0, 0.1) is 0 Å². The molecule has 8 heteroatoms. The number of thiazole rings is 1. The lowest BCUT2D eigenvalue weighted by atomic mass is 9.89. The molecule has 2 aromatic carbocycles. The molecular weight excluding hydrogens is 420 g/mol. The van der Waals surface area contributed by atoms with Crippen molar-refractivity contribution in [1.82, 2.24) is 4.98 Å². The summed E-state index contributed by atoms with van der Waals surface area (Å²) in [5.74, 6) is -0.505. The number of thioether (sulfide) groups is 1. The maximum Gasteiger partial charge on any atom is 0.305 e. The molecule has 2 aliphatic rings. The molecule has 0 radical (unpaired) electrons. The van der Waals surface area contributed by atoms with E-state index in [1.165, 1.54) is 16.7 Å². The van der Waals surface area contributed by atoms with Gasteiger partial charge in [-0.3, -0.25) is 14.4 Å². The minimum absolute atomic E-state index is 0.196. The number of imide groups is 1. The molecular formula is C22H16N2O4S2. The molecule has 3 heterocycles. The fourth-order valence-electron chi connectivity index (χ4n) is 3.76. The molecule has 2 aliphatic heterocycles. The third-order valence-electron chi connectivity index (χ3n) is 5.01. The largest absolute Gasteiger partial charge is 0.494 e. The summed E-state index contributed by atoms with van der Waals surface area (Å²) in [6.45, 7) is 2.43. The van der Waals surface area contributed by atoms with Crippen LogP contribution < -0.4 is 14.5 Å². The molecule has 150 valence electrons. The minimum atomic E-state index is -0.453. The number of ether oxygens (including phenoxy) is 1. The van der Waals surface area contributed by atoms with E-state index in [1.807, 2.05) is 37.3 Å². The van der Waals surface area contributed by atoms with E-state index in [0.29, 0.717) is 33.5 Å². The average Bonchev–Trinajstić information content (AvgIpc) is 3.24. The van der Waals surface area contributed by atoms with Crippen molar-refractivity contribution in [2.45, 2.75) is 17.9 Å². The highest BCUT2D eigenvalue weighted by molar-refractivity contribution is 8.04. The average molecular weight is 437 g/mol. The number of amides is 2. The topological polar surface area (TPSA) is 79.5 Å². The van der Waals surface area contributed by atoms with E-state index in [1.54, 1.807) is 24.3 Å². The van der Waals surface area contributed by atoms with Crippen LogP contribution in [0.5, 0.6) is 5.75 Å². The number of carbonyl (C=O) groups is 2. The van der Waals surface area contributed by atoms with Gasteiger partial charge in [-0.1, -0.05) is 53.4 Å². The summed E-state index contributed by atoms with van der Waals surface area (Å²) in [5, 5.41) is 0.632. The van der Waals surface area contributed by atoms with Crippen LogP contribution in [0.15, 0.2) is 74.9 Å². The molecule has 0 aliphatic carbocycles. The summed E-state index contributed by atoms with van der Waals surface area (Å²) >= 11 is 2.25. The standard InChI is InChI=1S/C22H16N2O4S2/c1-2-28-14-10-8-13(9-11-14)24-20(25)16-15(12-6-4-3-5-7-12)17-19(23-22(27)30-17)29-18(16)21(24)26/h3-11,15H,2H2,1H3,(H,23,27). The molecule has 30 heavy (non-hydrogen) atoms. The number of H-pyrrole nitrogens is 1. The maximum absolute atomic E-state index is 13.5. The fraction of sp³-hybridized carbons (Fsp3) is 0.136. The first kappa shape index (κ1) is 18.9. The van der Waals surface area contributed by atoms with Gasteiger partial charge in [0.1, 0.15) is 5.75 Å². The number of anilines is 1. The Balaban J connectivity index is 1.60. The van der Waals surface area contributed by atoms with E-state index >= 15 is 0 Å². The number of hydrogen-bond donors (Lipinski definition) is 1. The van der Waals surface area contributed by atoms with Crippen LogP contribution in [0.3, 0.4) is 0 Å². The van der Waals surface area contributed by atoms with Crippen LogP contribution in [0.2, 0.25) is 0 Å². The molecule has 3 aromatic rings. The number of benzene rings is 2. The van der Waals surface area contributed by atoms with Crippen molar-refractivity contribution in [2.75, 3.05) is 11.5 Å². The Bertz CT molecular complexity index is 1240. The first-order valence-electron chi connectivity index (χ1n) is 9.40. The minimum Gasteiger partial charge on any atom is -0.494 e. The summed E-state index contributed by atoms with van der Waals surface area (Å²) in [6, 6.07) is 16.4. The van der Waals surface area contributed by atoms with Gasteiger partial charge in [0.2, 0.25) is 0 Å². The Morgan fingerprint density at radius 2 is 1.73 bits per heavy atom. The Labute approximate surface area is 180 Å². The van der Waals surface area contributed by atoms with Gasteiger partial charge in [0.25, 0.3) is 11.8 Å². The van der Waals surface area contributed by atoms with Crippen molar-refractivity contribution in [3.05, 3.63) is 85.2 Å². The molecule has 1 N–H and O–H groups in total. The Kier molecular flexibility index (Phi) is 4.60. The fourth-order valence-corrected chi connectivity index (χ4v) is 6.00. The molecule has 0 saturated heterocycles. The Morgan fingerprint density at radius 1 is 1.00 bits per heavy atom. The van der Waals surface area contributed by atoms with Crippen LogP contribution >= 0.6 is 23.1 Å². The number of carbonyl (C=O) groups excluding carboxylic acids is 2. The highest BCUT2D eigenvalue weighted by atomic mass is 32.2. The zero-order chi connectivity index (χ0) is 20.8. The smallest absolute Gasteiger partial charge is 0.305 e. The van der Waals surface area contributed by atoms with Gasteiger partial charge < -0.3 is 9.72 Å². The summed E-state index contributed by atoms with van der Waals surface area (Å²) in [4.78, 5) is 43.7. The van der Waals surface area contributed by atoms with E-state index in [2.05, 4.69) is 4.98 Å². The second-order valence-corrected chi connectivity index (χ2v) is 8.80. The number of fused-ring (bicyclic) bond motifs is 1. The number of aromatic amines is 1. The molecule has 1 aromatic heterocycles. The van der Waals surface area contributed by atoms with Gasteiger partial charge in [-0.25, -0.2) is 4.90 Å². The number of nitrogens with one attached hydrogen (secondary N) is 1. The molecule has 5 rings (SSSR count). The molecule has 0 bridgehead atoms. The first-order valence-corrected chi connectivity index (χ1v) is 11.0. The predicted octanol–water partition coefficient (Wildman–Crippen LogP) is 3.90. The molecule has 6 nitrogen and oxygen atoms in total. The maximum atomic E-state index is 13.5. The highest BCUT2D eigenvalue weighted by Crippen LogP contribution is 2.52. The molecule has 0 spiro atoms. The number of rotatable bonds is 4. The van der Waals surface area contributed by atoms with Gasteiger partial charge in [0.15, 0.2) is 0 Å². The molecule has 0 saturated carbocycles. The van der Waals surface area contributed by atoms with E-state index in [0.717, 1.165) is 21.8 Å². The predicted molar refractivity (Wildman–Crippen MR) is 116 cm³/mol. The van der Waals surface area contributed by atoms with Gasteiger partial charge in [-0.15, -0.1) is 0 Å². The number of nitrogens with zero attached hydrogens (tertiary/aromatic N) is 1. The summed E-state index contributed by atoms with van der Waals surface area (Å²) in [5.41, 5.74) is 1.79. The summed E-state index contributed by atoms with van der Waals surface area (Å²) < 4.78 is 5.45. The van der Waals surface area contributed by atoms with Crippen molar-refractivity contribution in [1.29, 1.82) is 0 Å². The molecule has 1 atom stereocenters. The third kappa shape index (κ3) is 2.91. The lowest BCUT2D eigenvalue weighted by molar-refractivity contribution is -0.120. The zero-order valence-electron chi connectivity index (χ0n) is 15.9. The highest BCUT2D eigenvalue weighted by Gasteiger charge is 2.47. The van der Waals surface area contributed by atoms with Crippen LogP contribution in [-0.2, 0) is 9.59 Å². The van der Waals surface area contributed by atoms with Crippen LogP contribution in [0.25, 0.3) is 0 Å². The second kappa shape index (κ2) is 7.30. The van der Waals surface area contributed by atoms with E-state index in [-0.39, 0.29) is 16.7 Å². The third-order valence-corrected chi connectivity index (χ3v) is 7.21. The van der Waals surface area contributed by atoms with E-state index < -0.39 is 5.92 Å². The van der Waals surface area contributed by atoms with Gasteiger partial charge in [0, 0.05) is 0 Å². The van der Waals surface area contributed by atoms with E-state index in [4.69, 9.17) is 4.74 Å². The van der Waals surface area contributed by atoms with Crippen LogP contribution in [0.1, 0.15) is 23.3 Å². The molecule has 0 fully saturated rings. The quantitative estimate of drug-likeness (QED) is 0.628. The first-order chi connectivity index (χ1) is 14.6. The summed E-state index contributed by atoms with van der Waals surface area (Å²) in [7, 11) is 0. The number of aromatic nitrogens is 1. The van der Waals surface area contributed by atoms with Gasteiger partial charge in [-0.05, 0) is 36.8 Å². The lowest BCUT2D eigenvalue weighted by Crippen LogP contribution is -2.32. The molecule has 2 amide bonds. The van der Waals surface area contributed by atoms with E-state index in [9.17, 15) is 14.4 Å². The van der Waals surface area contributed by atoms with Crippen LogP contribution in [0.4, 0.5) is 5.69 Å². The van der Waals surface area contributed by atoms with Crippen molar-refractivity contribution in [3.8, 4) is 5.75 Å². The Morgan fingerprint density at radius 3 is 2.43 bits per heavy atom. The van der Waals surface area contributed by atoms with Gasteiger partial charge in [0.05, 0.1) is 38.6 Å². The second-order valence-electron chi connectivity index (χ2n) is 6.77. The van der Waals surface area contributed by atoms with Crippen molar-refractivity contribution >= 4 is 40.6 Å². The normalized spacial score (nSPS) is 17.9. The van der Waals surface area contributed by atoms with Gasteiger partial charge >= 0.3 is 4.87 Å². The molecule has 1 unspecified atom stereocenters. The van der Waals surface area contributed by atoms with Gasteiger partial charge in [-0.2, -0.15) is 0 Å².